The number of rotatable bonds is 3. The Bertz CT molecular complexity index is 385. The first-order chi connectivity index (χ1) is 8.20. The maximum absolute atomic E-state index is 9.98. The average molecular weight is 266 g/mol. The molecule has 1 rings (SSSR count). The van der Waals surface area contributed by atoms with Gasteiger partial charge in [0.1, 0.15) is 0 Å². The maximum Gasteiger partial charge on any atom is 0.151 e. The fourth-order valence-electron chi connectivity index (χ4n) is 1.42. The summed E-state index contributed by atoms with van der Waals surface area (Å²) in [6.07, 6.45) is 2.33. The lowest BCUT2D eigenvalue weighted by molar-refractivity contribution is -0.301. The van der Waals surface area contributed by atoms with Crippen molar-refractivity contribution in [1.82, 2.24) is 0 Å². The van der Waals surface area contributed by atoms with Crippen molar-refractivity contribution < 1.29 is 9.90 Å². The van der Waals surface area contributed by atoms with Gasteiger partial charge < -0.3 is 5.11 Å². The smallest absolute Gasteiger partial charge is 0.151 e. The van der Waals surface area contributed by atoms with E-state index in [2.05, 4.69) is 50.3 Å². The molecule has 0 radical (unpaired) electrons. The van der Waals surface area contributed by atoms with E-state index in [1.165, 1.54) is 25.6 Å². The number of ketones is 1. The predicted molar refractivity (Wildman–Crippen MR) is 79.3 cm³/mol. The van der Waals surface area contributed by atoms with Crippen LogP contribution in [0.3, 0.4) is 0 Å². The van der Waals surface area contributed by atoms with Crippen LogP contribution in [0.5, 0.6) is 0 Å². The van der Waals surface area contributed by atoms with Crippen LogP contribution in [0.15, 0.2) is 42.2 Å². The first-order valence-corrected chi connectivity index (χ1v) is 9.22. The highest BCUT2D eigenvalue weighted by atomic mass is 31.2. The minimum absolute atomic E-state index is 0.187. The number of hydrogen-bond donors (Lipinski definition) is 0. The molecule has 2 nitrogen and oxygen atoms in total. The Morgan fingerprint density at radius 1 is 1.17 bits per heavy atom. The van der Waals surface area contributed by atoms with Gasteiger partial charge in [-0.25, -0.2) is 0 Å². The van der Waals surface area contributed by atoms with Gasteiger partial charge in [-0.3, -0.25) is 4.79 Å². The molecule has 1 aromatic rings. The van der Waals surface area contributed by atoms with Gasteiger partial charge in [-0.1, -0.05) is 37.3 Å². The first kappa shape index (κ1) is 16.9. The van der Waals surface area contributed by atoms with Crippen molar-refractivity contribution in [2.75, 3.05) is 20.0 Å². The van der Waals surface area contributed by atoms with Gasteiger partial charge in [0, 0.05) is 27.3 Å². The largest absolute Gasteiger partial charge is 0.876 e. The third-order valence-electron chi connectivity index (χ3n) is 1.91. The van der Waals surface area contributed by atoms with Gasteiger partial charge in [-0.05, 0) is 18.6 Å². The summed E-state index contributed by atoms with van der Waals surface area (Å²) in [6, 6.07) is 10.7. The lowest BCUT2D eigenvalue weighted by Gasteiger charge is -2.10. The van der Waals surface area contributed by atoms with E-state index >= 15 is 0 Å². The topological polar surface area (TPSA) is 40.1 Å². The van der Waals surface area contributed by atoms with Gasteiger partial charge in [0.05, 0.1) is 6.16 Å². The van der Waals surface area contributed by atoms with Crippen LogP contribution in [0.25, 0.3) is 0 Å². The molecule has 1 aromatic carbocycles. The second kappa shape index (κ2) is 8.05. The number of benzene rings is 1. The molecule has 100 valence electrons. The van der Waals surface area contributed by atoms with Crippen molar-refractivity contribution in [2.24, 2.45) is 0 Å². The quantitative estimate of drug-likeness (QED) is 0.479. The highest BCUT2D eigenvalue weighted by Crippen LogP contribution is 2.49. The van der Waals surface area contributed by atoms with Crippen molar-refractivity contribution in [2.45, 2.75) is 20.0 Å². The molecule has 0 aliphatic rings. The standard InChI is InChI=1S/C10H16P.C5H8O2/c1-11(2,3)9-10-7-5-4-6-8-10;1-4(6)3-5(2)7/h4-8H,9H2,1-3H3;3,6H,1-2H3/q+1;/p-1/b;4-3-. The van der Waals surface area contributed by atoms with Crippen LogP contribution in [-0.2, 0) is 11.0 Å². The van der Waals surface area contributed by atoms with E-state index in [-0.39, 0.29) is 11.5 Å². The SMILES string of the molecule is CC(=O)/C=C(/C)[O-].C[P+](C)(C)Cc1ccccc1. The second-order valence-corrected chi connectivity index (χ2v) is 10.2. The van der Waals surface area contributed by atoms with E-state index in [1.54, 1.807) is 0 Å². The van der Waals surface area contributed by atoms with E-state index < -0.39 is 7.26 Å². The van der Waals surface area contributed by atoms with Crippen LogP contribution in [0, 0.1) is 0 Å². The van der Waals surface area contributed by atoms with Crippen molar-refractivity contribution in [1.29, 1.82) is 0 Å². The van der Waals surface area contributed by atoms with Gasteiger partial charge in [0.25, 0.3) is 0 Å². The molecular formula is C15H23O2P. The lowest BCUT2D eigenvalue weighted by Crippen LogP contribution is -1.99. The second-order valence-electron chi connectivity index (χ2n) is 5.30. The summed E-state index contributed by atoms with van der Waals surface area (Å²) in [6.45, 7) is 9.82. The number of carbonyl (C=O) groups excluding carboxylic acids is 1. The summed E-state index contributed by atoms with van der Waals surface area (Å²) in [5, 5.41) is 9.98. The molecule has 0 amide bonds. The highest BCUT2D eigenvalue weighted by Gasteiger charge is 2.16. The van der Waals surface area contributed by atoms with Gasteiger partial charge in [0.2, 0.25) is 0 Å². The van der Waals surface area contributed by atoms with Gasteiger partial charge in [0.15, 0.2) is 5.78 Å². The zero-order valence-corrected chi connectivity index (χ0v) is 12.8. The summed E-state index contributed by atoms with van der Waals surface area (Å²) >= 11 is 0. The summed E-state index contributed by atoms with van der Waals surface area (Å²) in [5.74, 6) is -0.375. The summed E-state index contributed by atoms with van der Waals surface area (Å²) < 4.78 is 0. The minimum Gasteiger partial charge on any atom is -0.876 e. The van der Waals surface area contributed by atoms with Crippen LogP contribution < -0.4 is 5.11 Å². The molecule has 0 saturated heterocycles. The van der Waals surface area contributed by atoms with Gasteiger partial charge in [-0.15, -0.1) is 5.76 Å². The Kier molecular flexibility index (Phi) is 7.54. The zero-order valence-electron chi connectivity index (χ0n) is 11.9. The van der Waals surface area contributed by atoms with Crippen LogP contribution >= 0.6 is 7.26 Å². The van der Waals surface area contributed by atoms with Crippen LogP contribution in [0.1, 0.15) is 19.4 Å². The van der Waals surface area contributed by atoms with Crippen molar-refractivity contribution in [3.8, 4) is 0 Å². The number of hydrogen-bond acceptors (Lipinski definition) is 2. The average Bonchev–Trinajstić information content (AvgIpc) is 2.14. The molecule has 0 unspecified atom stereocenters. The minimum atomic E-state index is -0.638. The molecule has 0 N–H and O–H groups in total. The van der Waals surface area contributed by atoms with Crippen LogP contribution in [0.2, 0.25) is 0 Å². The molecule has 0 aliphatic heterocycles. The molecule has 0 fully saturated rings. The third kappa shape index (κ3) is 11.3. The summed E-state index contributed by atoms with van der Waals surface area (Å²) in [7, 11) is -0.638. The monoisotopic (exact) mass is 266 g/mol. The van der Waals surface area contributed by atoms with E-state index in [1.807, 2.05) is 0 Å². The molecule has 3 heteroatoms. The molecule has 0 spiro atoms. The molecule has 0 heterocycles. The van der Waals surface area contributed by atoms with E-state index in [4.69, 9.17) is 0 Å². The Morgan fingerprint density at radius 2 is 1.67 bits per heavy atom. The fraction of sp³-hybridized carbons (Fsp3) is 0.400. The predicted octanol–water partition coefficient (Wildman–Crippen LogP) is 2.93. The highest BCUT2D eigenvalue weighted by molar-refractivity contribution is 7.72. The number of allylic oxidation sites excluding steroid dienone is 2. The Hall–Kier alpha value is -1.14. The van der Waals surface area contributed by atoms with Gasteiger partial charge in [-0.2, -0.15) is 0 Å². The summed E-state index contributed by atoms with van der Waals surface area (Å²) in [4.78, 5) is 9.98. The first-order valence-electron chi connectivity index (χ1n) is 5.91. The Morgan fingerprint density at radius 3 is 1.94 bits per heavy atom. The van der Waals surface area contributed by atoms with E-state index in [0.29, 0.717) is 0 Å². The van der Waals surface area contributed by atoms with Crippen molar-refractivity contribution in [3.05, 3.63) is 47.7 Å². The summed E-state index contributed by atoms with van der Waals surface area (Å²) in [5.41, 5.74) is 1.48. The zero-order chi connectivity index (χ0) is 14.2. The maximum atomic E-state index is 9.98. The van der Waals surface area contributed by atoms with Crippen LogP contribution in [-0.4, -0.2) is 25.8 Å². The van der Waals surface area contributed by atoms with Gasteiger partial charge >= 0.3 is 0 Å². The molecule has 0 saturated carbocycles. The lowest BCUT2D eigenvalue weighted by atomic mass is 10.2. The molecule has 0 aliphatic carbocycles. The van der Waals surface area contributed by atoms with Crippen molar-refractivity contribution in [3.63, 3.8) is 0 Å². The third-order valence-corrected chi connectivity index (χ3v) is 3.22. The number of carbonyl (C=O) groups is 1. The van der Waals surface area contributed by atoms with E-state index in [0.717, 1.165) is 6.08 Å². The molecule has 0 atom stereocenters. The van der Waals surface area contributed by atoms with E-state index in [9.17, 15) is 9.90 Å². The molecule has 0 aromatic heterocycles. The molecular weight excluding hydrogens is 243 g/mol. The fourth-order valence-corrected chi connectivity index (χ4v) is 2.72. The normalized spacial score (nSPS) is 11.5. The Balaban J connectivity index is 0.000000360. The molecule has 18 heavy (non-hydrogen) atoms. The molecule has 0 bridgehead atoms. The Labute approximate surface area is 111 Å². The van der Waals surface area contributed by atoms with Crippen molar-refractivity contribution >= 4 is 13.0 Å². The van der Waals surface area contributed by atoms with Crippen LogP contribution in [0.4, 0.5) is 0 Å².